The minimum absolute atomic E-state index is 0.0144. The molecule has 0 spiro atoms. The van der Waals surface area contributed by atoms with Gasteiger partial charge < -0.3 is 20.6 Å². The molecule has 2 rings (SSSR count). The standard InChI is InChI=1S/C10H16N8O3/c11-17-8-13-7(16-10(4-19,5-20)6-21)14-9(15-8)18-3-1-2-12-18/h1-3,19-21H,4-6,11H2,(H2,13,14,15,16,17). The van der Waals surface area contributed by atoms with Gasteiger partial charge in [0.05, 0.1) is 19.8 Å². The molecule has 0 unspecified atom stereocenters. The number of hydrazine groups is 1. The number of aliphatic hydroxyl groups excluding tert-OH is 3. The van der Waals surface area contributed by atoms with E-state index in [1.54, 1.807) is 18.5 Å². The van der Waals surface area contributed by atoms with E-state index in [1.807, 2.05) is 0 Å². The SMILES string of the molecule is NNc1nc(NC(CO)(CO)CO)nc(-n2cccn2)n1. The molecule has 0 saturated heterocycles. The molecular weight excluding hydrogens is 280 g/mol. The molecule has 0 saturated carbocycles. The van der Waals surface area contributed by atoms with E-state index in [2.05, 4.69) is 30.8 Å². The summed E-state index contributed by atoms with van der Waals surface area (Å²) >= 11 is 0. The topological polar surface area (TPSA) is 167 Å². The highest BCUT2D eigenvalue weighted by Gasteiger charge is 2.29. The smallest absolute Gasteiger partial charge is 0.257 e. The predicted molar refractivity (Wildman–Crippen MR) is 72.4 cm³/mol. The third kappa shape index (κ3) is 3.22. The van der Waals surface area contributed by atoms with Gasteiger partial charge in [-0.3, -0.25) is 5.43 Å². The number of aliphatic hydroxyl groups is 3. The van der Waals surface area contributed by atoms with Crippen LogP contribution >= 0.6 is 0 Å². The summed E-state index contributed by atoms with van der Waals surface area (Å²) in [6, 6.07) is 1.69. The Labute approximate surface area is 119 Å². The summed E-state index contributed by atoms with van der Waals surface area (Å²) in [6.07, 6.45) is 3.17. The van der Waals surface area contributed by atoms with Gasteiger partial charge in [-0.2, -0.15) is 20.1 Å². The molecule has 21 heavy (non-hydrogen) atoms. The van der Waals surface area contributed by atoms with Gasteiger partial charge in [0.1, 0.15) is 5.54 Å². The van der Waals surface area contributed by atoms with Gasteiger partial charge in [0, 0.05) is 12.4 Å². The van der Waals surface area contributed by atoms with Gasteiger partial charge in [-0.1, -0.05) is 0 Å². The van der Waals surface area contributed by atoms with Crippen LogP contribution in [0.2, 0.25) is 0 Å². The van der Waals surface area contributed by atoms with Crippen molar-refractivity contribution in [2.75, 3.05) is 30.6 Å². The van der Waals surface area contributed by atoms with E-state index in [-0.39, 0.29) is 17.8 Å². The number of aromatic nitrogens is 5. The fraction of sp³-hybridized carbons (Fsp3) is 0.400. The highest BCUT2D eigenvalue weighted by atomic mass is 16.3. The van der Waals surface area contributed by atoms with Crippen molar-refractivity contribution in [1.29, 1.82) is 0 Å². The first-order valence-corrected chi connectivity index (χ1v) is 6.00. The molecule has 11 heteroatoms. The van der Waals surface area contributed by atoms with Gasteiger partial charge in [-0.05, 0) is 6.07 Å². The van der Waals surface area contributed by atoms with Gasteiger partial charge in [0.15, 0.2) is 0 Å². The van der Waals surface area contributed by atoms with Crippen molar-refractivity contribution in [3.8, 4) is 5.95 Å². The van der Waals surface area contributed by atoms with E-state index in [9.17, 15) is 15.3 Å². The molecule has 0 aliphatic heterocycles. The van der Waals surface area contributed by atoms with Crippen LogP contribution in [-0.2, 0) is 0 Å². The minimum atomic E-state index is -1.37. The van der Waals surface area contributed by atoms with E-state index < -0.39 is 25.4 Å². The minimum Gasteiger partial charge on any atom is -0.394 e. The summed E-state index contributed by atoms with van der Waals surface area (Å²) in [4.78, 5) is 12.1. The van der Waals surface area contributed by atoms with Gasteiger partial charge in [-0.25, -0.2) is 10.5 Å². The lowest BCUT2D eigenvalue weighted by Crippen LogP contribution is -2.49. The summed E-state index contributed by atoms with van der Waals surface area (Å²) < 4.78 is 1.38. The second-order valence-corrected chi connectivity index (χ2v) is 4.26. The van der Waals surface area contributed by atoms with Crippen LogP contribution in [0.1, 0.15) is 0 Å². The average molecular weight is 296 g/mol. The zero-order valence-electron chi connectivity index (χ0n) is 11.0. The number of nitrogens with one attached hydrogen (secondary N) is 2. The van der Waals surface area contributed by atoms with Crippen LogP contribution in [0.15, 0.2) is 18.5 Å². The lowest BCUT2D eigenvalue weighted by atomic mass is 10.0. The molecule has 0 aromatic carbocycles. The second kappa shape index (κ2) is 6.41. The molecule has 2 heterocycles. The molecule has 0 atom stereocenters. The lowest BCUT2D eigenvalue weighted by molar-refractivity contribution is 0.0828. The van der Waals surface area contributed by atoms with Crippen molar-refractivity contribution >= 4 is 11.9 Å². The molecule has 0 aliphatic rings. The summed E-state index contributed by atoms with van der Waals surface area (Å²) in [5, 5.41) is 34.6. The maximum absolute atomic E-state index is 9.31. The molecule has 2 aromatic heterocycles. The first-order chi connectivity index (χ1) is 10.2. The van der Waals surface area contributed by atoms with Crippen LogP contribution in [0.25, 0.3) is 5.95 Å². The Bertz CT molecular complexity index is 563. The summed E-state index contributed by atoms with van der Waals surface area (Å²) in [5.41, 5.74) is 0.912. The van der Waals surface area contributed by atoms with Gasteiger partial charge in [0.2, 0.25) is 11.9 Å². The molecule has 0 amide bonds. The summed E-state index contributed by atoms with van der Waals surface area (Å²) in [6.45, 7) is -1.56. The van der Waals surface area contributed by atoms with Crippen LogP contribution in [0.4, 0.5) is 11.9 Å². The van der Waals surface area contributed by atoms with Gasteiger partial charge in [-0.15, -0.1) is 0 Å². The molecular formula is C10H16N8O3. The highest BCUT2D eigenvalue weighted by Crippen LogP contribution is 2.13. The number of hydrogen-bond donors (Lipinski definition) is 6. The van der Waals surface area contributed by atoms with Crippen LogP contribution < -0.4 is 16.6 Å². The molecule has 114 valence electrons. The average Bonchev–Trinajstić information content (AvgIpc) is 3.07. The van der Waals surface area contributed by atoms with Crippen LogP contribution in [0.5, 0.6) is 0 Å². The van der Waals surface area contributed by atoms with E-state index in [1.165, 1.54) is 4.68 Å². The Hall–Kier alpha value is -2.34. The van der Waals surface area contributed by atoms with Crippen LogP contribution in [0, 0.1) is 0 Å². The Morgan fingerprint density at radius 3 is 2.29 bits per heavy atom. The van der Waals surface area contributed by atoms with Gasteiger partial charge in [0.25, 0.3) is 5.95 Å². The fourth-order valence-corrected chi connectivity index (χ4v) is 1.48. The second-order valence-electron chi connectivity index (χ2n) is 4.26. The number of nitrogen functional groups attached to an aromatic ring is 1. The summed E-state index contributed by atoms with van der Waals surface area (Å²) in [7, 11) is 0. The Balaban J connectivity index is 2.37. The molecule has 11 nitrogen and oxygen atoms in total. The maximum Gasteiger partial charge on any atom is 0.257 e. The van der Waals surface area contributed by atoms with Crippen molar-refractivity contribution in [3.05, 3.63) is 18.5 Å². The molecule has 7 N–H and O–H groups in total. The third-order valence-corrected chi connectivity index (χ3v) is 2.75. The number of nitrogens with two attached hydrogens (primary N) is 1. The summed E-state index contributed by atoms with van der Waals surface area (Å²) in [5.74, 6) is 5.54. The number of nitrogens with zero attached hydrogens (tertiary/aromatic N) is 5. The first kappa shape index (κ1) is 15.1. The Morgan fingerprint density at radius 1 is 1.10 bits per heavy atom. The van der Waals surface area contributed by atoms with E-state index in [0.717, 1.165) is 0 Å². The normalized spacial score (nSPS) is 11.4. The fourth-order valence-electron chi connectivity index (χ4n) is 1.48. The monoisotopic (exact) mass is 296 g/mol. The highest BCUT2D eigenvalue weighted by molar-refractivity contribution is 5.39. The zero-order chi connectivity index (χ0) is 15.3. The maximum atomic E-state index is 9.31. The van der Waals surface area contributed by atoms with Crippen LogP contribution in [0.3, 0.4) is 0 Å². The largest absolute Gasteiger partial charge is 0.394 e. The van der Waals surface area contributed by atoms with Crippen LogP contribution in [-0.4, -0.2) is 65.4 Å². The Morgan fingerprint density at radius 2 is 1.76 bits per heavy atom. The molecule has 0 fully saturated rings. The first-order valence-electron chi connectivity index (χ1n) is 6.00. The lowest BCUT2D eigenvalue weighted by Gasteiger charge is -2.28. The van der Waals surface area contributed by atoms with Crippen molar-refractivity contribution in [3.63, 3.8) is 0 Å². The molecule has 0 radical (unpaired) electrons. The predicted octanol–water partition coefficient (Wildman–Crippen LogP) is -2.53. The van der Waals surface area contributed by atoms with Crippen molar-refractivity contribution in [1.82, 2.24) is 24.7 Å². The van der Waals surface area contributed by atoms with E-state index >= 15 is 0 Å². The molecule has 0 aliphatic carbocycles. The van der Waals surface area contributed by atoms with E-state index in [4.69, 9.17) is 5.84 Å². The quantitative estimate of drug-likeness (QED) is 0.237. The van der Waals surface area contributed by atoms with E-state index in [0.29, 0.717) is 0 Å². The third-order valence-electron chi connectivity index (χ3n) is 2.75. The number of rotatable bonds is 7. The molecule has 2 aromatic rings. The number of anilines is 2. The van der Waals surface area contributed by atoms with Crippen molar-refractivity contribution in [2.24, 2.45) is 5.84 Å². The van der Waals surface area contributed by atoms with Crippen molar-refractivity contribution < 1.29 is 15.3 Å². The zero-order valence-corrected chi connectivity index (χ0v) is 11.0. The van der Waals surface area contributed by atoms with Crippen molar-refractivity contribution in [2.45, 2.75) is 5.54 Å². The number of hydrogen-bond acceptors (Lipinski definition) is 10. The molecule has 0 bridgehead atoms. The Kier molecular flexibility index (Phi) is 4.59. The van der Waals surface area contributed by atoms with Gasteiger partial charge >= 0.3 is 0 Å².